The van der Waals surface area contributed by atoms with Gasteiger partial charge in [-0.25, -0.2) is 4.79 Å². The number of benzene rings is 1. The molecule has 2 aromatic rings. The summed E-state index contributed by atoms with van der Waals surface area (Å²) in [6.07, 6.45) is -0.624. The van der Waals surface area contributed by atoms with Crippen molar-refractivity contribution in [3.05, 3.63) is 39.7 Å². The zero-order valence-electron chi connectivity index (χ0n) is 15.1. The van der Waals surface area contributed by atoms with Gasteiger partial charge < -0.3 is 25.0 Å². The van der Waals surface area contributed by atoms with E-state index in [0.29, 0.717) is 38.9 Å². The van der Waals surface area contributed by atoms with E-state index in [1.807, 2.05) is 0 Å². The Hall–Kier alpha value is -2.33. The third-order valence-corrected chi connectivity index (χ3v) is 5.28. The molecule has 1 aromatic heterocycles. The smallest absolute Gasteiger partial charge is 0.399 e. The second kappa shape index (κ2) is 9.93. The number of nitrogens with zero attached hydrogens (tertiary/aromatic N) is 1. The predicted molar refractivity (Wildman–Crippen MR) is 111 cm³/mol. The number of halogens is 2. The predicted octanol–water partition coefficient (Wildman–Crippen LogP) is 3.54. The van der Waals surface area contributed by atoms with Crippen molar-refractivity contribution in [2.45, 2.75) is 6.42 Å². The van der Waals surface area contributed by atoms with E-state index in [4.69, 9.17) is 32.7 Å². The number of carbonyl (C=O) groups excluding carboxylic acids is 3. The lowest BCUT2D eigenvalue weighted by Gasteiger charge is -2.27. The van der Waals surface area contributed by atoms with E-state index in [0.717, 1.165) is 11.3 Å². The lowest BCUT2D eigenvalue weighted by atomic mass is 10.2. The summed E-state index contributed by atoms with van der Waals surface area (Å²) in [5.74, 6) is -0.478. The van der Waals surface area contributed by atoms with Crippen LogP contribution in [-0.2, 0) is 14.3 Å². The summed E-state index contributed by atoms with van der Waals surface area (Å²) in [7, 11) is 0. The molecule has 29 heavy (non-hydrogen) atoms. The van der Waals surface area contributed by atoms with Crippen molar-refractivity contribution >= 4 is 63.8 Å². The Kier molecular flexibility index (Phi) is 7.32. The van der Waals surface area contributed by atoms with Crippen LogP contribution in [0.25, 0.3) is 0 Å². The first-order valence-corrected chi connectivity index (χ1v) is 10.2. The summed E-state index contributed by atoms with van der Waals surface area (Å²) in [5.41, 5.74) is 1.05. The summed E-state index contributed by atoms with van der Waals surface area (Å²) >= 11 is 13.2. The highest BCUT2D eigenvalue weighted by Gasteiger charge is 2.22. The van der Waals surface area contributed by atoms with E-state index in [9.17, 15) is 14.4 Å². The average molecular weight is 458 g/mol. The first-order chi connectivity index (χ1) is 13.9. The van der Waals surface area contributed by atoms with Crippen LogP contribution in [0.1, 0.15) is 6.42 Å². The fraction of sp³-hybridized carbons (Fsp3) is 0.278. The van der Waals surface area contributed by atoms with Crippen LogP contribution in [0.3, 0.4) is 0 Å². The molecule has 0 spiro atoms. The Balaban J connectivity index is 1.46. The summed E-state index contributed by atoms with van der Waals surface area (Å²) in [6.45, 7) is 0.973. The molecule has 1 aliphatic heterocycles. The van der Waals surface area contributed by atoms with Gasteiger partial charge in [0.05, 0.1) is 21.7 Å². The molecule has 11 heteroatoms. The average Bonchev–Trinajstić information content (AvgIpc) is 3.07. The highest BCUT2D eigenvalue weighted by Crippen LogP contribution is 2.30. The number of anilines is 2. The van der Waals surface area contributed by atoms with Gasteiger partial charge in [-0.3, -0.25) is 9.59 Å². The maximum absolute atomic E-state index is 12.1. The Morgan fingerprint density at radius 1 is 1.24 bits per heavy atom. The van der Waals surface area contributed by atoms with Crippen LogP contribution in [0.4, 0.5) is 16.2 Å². The minimum atomic E-state index is -0.668. The number of morpholine rings is 1. The standard InChI is InChI=1S/C18H17Cl2N3O5S/c19-12-9-11(1-2-13(12)23-7-8-27-10-16(23)25)22-15(24)5-6-21-18(26)28-17-4-3-14(20)29-17/h1-4,9H,5-8,10H2,(H,21,26)(H,22,24). The maximum Gasteiger partial charge on any atom is 0.413 e. The van der Waals surface area contributed by atoms with Crippen LogP contribution < -0.4 is 20.3 Å². The van der Waals surface area contributed by atoms with Crippen molar-refractivity contribution in [1.29, 1.82) is 0 Å². The molecule has 1 aliphatic rings. The highest BCUT2D eigenvalue weighted by atomic mass is 35.5. The molecular formula is C18H17Cl2N3O5S. The van der Waals surface area contributed by atoms with Crippen LogP contribution in [-0.4, -0.2) is 44.2 Å². The van der Waals surface area contributed by atoms with E-state index < -0.39 is 6.09 Å². The molecule has 2 heterocycles. The number of ether oxygens (including phenoxy) is 2. The fourth-order valence-corrected chi connectivity index (χ4v) is 3.71. The Labute approximate surface area is 180 Å². The number of hydrogen-bond acceptors (Lipinski definition) is 6. The highest BCUT2D eigenvalue weighted by molar-refractivity contribution is 7.17. The van der Waals surface area contributed by atoms with Crippen molar-refractivity contribution in [3.8, 4) is 5.06 Å². The minimum absolute atomic E-state index is 0.0176. The molecule has 1 saturated heterocycles. The second-order valence-electron chi connectivity index (χ2n) is 5.94. The van der Waals surface area contributed by atoms with E-state index >= 15 is 0 Å². The number of nitrogens with one attached hydrogen (secondary N) is 2. The van der Waals surface area contributed by atoms with E-state index in [-0.39, 0.29) is 31.4 Å². The quantitative estimate of drug-likeness (QED) is 0.691. The zero-order chi connectivity index (χ0) is 20.8. The molecule has 0 aliphatic carbocycles. The number of rotatable bonds is 6. The Bertz CT molecular complexity index is 921. The summed E-state index contributed by atoms with van der Waals surface area (Å²) in [5, 5.41) is 5.88. The summed E-state index contributed by atoms with van der Waals surface area (Å²) in [6, 6.07) is 8.09. The van der Waals surface area contributed by atoms with Crippen molar-refractivity contribution in [2.75, 3.05) is 36.5 Å². The van der Waals surface area contributed by atoms with Crippen LogP contribution in [0.5, 0.6) is 5.06 Å². The van der Waals surface area contributed by atoms with Gasteiger partial charge in [-0.1, -0.05) is 34.5 Å². The lowest BCUT2D eigenvalue weighted by molar-refractivity contribution is -0.125. The Morgan fingerprint density at radius 2 is 2.07 bits per heavy atom. The minimum Gasteiger partial charge on any atom is -0.399 e. The first-order valence-electron chi connectivity index (χ1n) is 8.61. The van der Waals surface area contributed by atoms with Gasteiger partial charge in [0, 0.05) is 25.2 Å². The van der Waals surface area contributed by atoms with Gasteiger partial charge >= 0.3 is 6.09 Å². The fourth-order valence-electron chi connectivity index (χ4n) is 2.56. The van der Waals surface area contributed by atoms with E-state index in [1.165, 1.54) is 0 Å². The summed E-state index contributed by atoms with van der Waals surface area (Å²) < 4.78 is 10.6. The van der Waals surface area contributed by atoms with Crippen molar-refractivity contribution < 1.29 is 23.9 Å². The molecule has 8 nitrogen and oxygen atoms in total. The molecule has 0 radical (unpaired) electrons. The molecule has 3 amide bonds. The van der Waals surface area contributed by atoms with Crippen LogP contribution in [0.2, 0.25) is 9.36 Å². The van der Waals surface area contributed by atoms with Gasteiger partial charge in [0.2, 0.25) is 5.91 Å². The Morgan fingerprint density at radius 3 is 2.76 bits per heavy atom. The van der Waals surface area contributed by atoms with Crippen molar-refractivity contribution in [2.24, 2.45) is 0 Å². The molecule has 2 N–H and O–H groups in total. The van der Waals surface area contributed by atoms with Gasteiger partial charge in [-0.15, -0.1) is 0 Å². The molecule has 154 valence electrons. The van der Waals surface area contributed by atoms with Gasteiger partial charge in [-0.2, -0.15) is 0 Å². The number of thiophene rings is 1. The molecule has 3 rings (SSSR count). The molecule has 0 saturated carbocycles. The molecule has 1 fully saturated rings. The third kappa shape index (κ3) is 6.07. The lowest BCUT2D eigenvalue weighted by Crippen LogP contribution is -2.41. The number of hydrogen-bond donors (Lipinski definition) is 2. The zero-order valence-corrected chi connectivity index (χ0v) is 17.4. The van der Waals surface area contributed by atoms with E-state index in [1.54, 1.807) is 35.2 Å². The topological polar surface area (TPSA) is 97.0 Å². The summed E-state index contributed by atoms with van der Waals surface area (Å²) in [4.78, 5) is 37.2. The van der Waals surface area contributed by atoms with Crippen LogP contribution in [0, 0.1) is 0 Å². The van der Waals surface area contributed by atoms with Gasteiger partial charge in [0.25, 0.3) is 5.91 Å². The third-order valence-electron chi connectivity index (χ3n) is 3.87. The first kappa shape index (κ1) is 21.4. The van der Waals surface area contributed by atoms with E-state index in [2.05, 4.69) is 10.6 Å². The monoisotopic (exact) mass is 457 g/mol. The largest absolute Gasteiger partial charge is 0.413 e. The molecule has 0 atom stereocenters. The normalized spacial score (nSPS) is 13.9. The molecule has 0 bridgehead atoms. The van der Waals surface area contributed by atoms with Crippen LogP contribution in [0.15, 0.2) is 30.3 Å². The maximum atomic E-state index is 12.1. The molecule has 1 aromatic carbocycles. The van der Waals surface area contributed by atoms with Crippen molar-refractivity contribution in [3.63, 3.8) is 0 Å². The SMILES string of the molecule is O=C(CCNC(=O)Oc1ccc(Cl)s1)Nc1ccc(N2CCOCC2=O)c(Cl)c1. The van der Waals surface area contributed by atoms with Crippen LogP contribution >= 0.6 is 34.5 Å². The number of carbonyl (C=O) groups is 3. The van der Waals surface area contributed by atoms with Gasteiger partial charge in [0.15, 0.2) is 5.06 Å². The molecular weight excluding hydrogens is 441 g/mol. The molecule has 0 unspecified atom stereocenters. The number of amides is 3. The second-order valence-corrected chi connectivity index (χ2v) is 8.02. The van der Waals surface area contributed by atoms with Gasteiger partial charge in [0.1, 0.15) is 6.61 Å². The van der Waals surface area contributed by atoms with Gasteiger partial charge in [-0.05, 0) is 30.3 Å². The van der Waals surface area contributed by atoms with Crippen molar-refractivity contribution in [1.82, 2.24) is 5.32 Å².